The average Bonchev–Trinajstić information content (AvgIpc) is 2.87. The van der Waals surface area contributed by atoms with Crippen LogP contribution in [0.25, 0.3) is 0 Å². The fourth-order valence-electron chi connectivity index (χ4n) is 4.01. The van der Waals surface area contributed by atoms with Crippen molar-refractivity contribution in [3.63, 3.8) is 0 Å². The van der Waals surface area contributed by atoms with E-state index in [2.05, 4.69) is 40.5 Å². The summed E-state index contributed by atoms with van der Waals surface area (Å²) in [5.74, 6) is 0.371. The summed E-state index contributed by atoms with van der Waals surface area (Å²) in [4.78, 5) is 2.52. The number of hydrogen-bond donors (Lipinski definition) is 2. The number of aliphatic hydroxyl groups excluding tert-OH is 1. The molecule has 3 rings (SSSR count). The van der Waals surface area contributed by atoms with Crippen LogP contribution in [-0.2, 0) is 6.54 Å². The lowest BCUT2D eigenvalue weighted by Crippen LogP contribution is -2.50. The molecule has 2 aliphatic heterocycles. The molecule has 110 valence electrons. The standard InChI is InChI=1S/C17H26N2O/c20-14-16-13-19(12-15-6-2-1-3-7-15)11-5-9-17(16)8-4-10-18-17/h1-3,6-7,16,18,20H,4-5,8-14H2. The van der Waals surface area contributed by atoms with Crippen molar-refractivity contribution in [3.05, 3.63) is 35.9 Å². The highest BCUT2D eigenvalue weighted by Gasteiger charge is 2.42. The molecule has 2 unspecified atom stereocenters. The van der Waals surface area contributed by atoms with Gasteiger partial charge in [-0.05, 0) is 44.3 Å². The summed E-state index contributed by atoms with van der Waals surface area (Å²) in [5, 5.41) is 13.6. The SMILES string of the molecule is OCC1CN(Cc2ccccc2)CCCC12CCCN2. The maximum absolute atomic E-state index is 9.86. The number of hydrogen-bond acceptors (Lipinski definition) is 3. The van der Waals surface area contributed by atoms with Crippen molar-refractivity contribution in [2.75, 3.05) is 26.2 Å². The summed E-state index contributed by atoms with van der Waals surface area (Å²) in [7, 11) is 0. The highest BCUT2D eigenvalue weighted by atomic mass is 16.3. The van der Waals surface area contributed by atoms with Gasteiger partial charge in [0.05, 0.1) is 0 Å². The molecule has 0 aromatic heterocycles. The van der Waals surface area contributed by atoms with E-state index < -0.39 is 0 Å². The van der Waals surface area contributed by atoms with E-state index >= 15 is 0 Å². The summed E-state index contributed by atoms with van der Waals surface area (Å²) in [6, 6.07) is 10.7. The molecule has 2 fully saturated rings. The Kier molecular flexibility index (Phi) is 4.39. The monoisotopic (exact) mass is 274 g/mol. The quantitative estimate of drug-likeness (QED) is 0.885. The van der Waals surface area contributed by atoms with E-state index in [1.807, 2.05) is 0 Å². The van der Waals surface area contributed by atoms with Crippen LogP contribution in [-0.4, -0.2) is 41.8 Å². The molecule has 2 atom stereocenters. The second kappa shape index (κ2) is 6.25. The Labute approximate surface area is 122 Å². The van der Waals surface area contributed by atoms with Gasteiger partial charge in [0.25, 0.3) is 0 Å². The van der Waals surface area contributed by atoms with Gasteiger partial charge >= 0.3 is 0 Å². The fourth-order valence-corrected chi connectivity index (χ4v) is 4.01. The van der Waals surface area contributed by atoms with Crippen LogP contribution in [0.5, 0.6) is 0 Å². The first-order valence-electron chi connectivity index (χ1n) is 7.94. The van der Waals surface area contributed by atoms with E-state index in [1.165, 1.54) is 31.2 Å². The van der Waals surface area contributed by atoms with Crippen LogP contribution in [0.15, 0.2) is 30.3 Å². The molecule has 0 aliphatic carbocycles. The largest absolute Gasteiger partial charge is 0.396 e. The zero-order valence-electron chi connectivity index (χ0n) is 12.2. The van der Waals surface area contributed by atoms with Crippen molar-refractivity contribution in [1.82, 2.24) is 10.2 Å². The van der Waals surface area contributed by atoms with Crippen LogP contribution in [0.1, 0.15) is 31.2 Å². The van der Waals surface area contributed by atoms with Gasteiger partial charge in [-0.2, -0.15) is 0 Å². The Bertz CT molecular complexity index is 414. The average molecular weight is 274 g/mol. The summed E-state index contributed by atoms with van der Waals surface area (Å²) in [5.41, 5.74) is 1.58. The topological polar surface area (TPSA) is 35.5 Å². The van der Waals surface area contributed by atoms with Gasteiger partial charge in [0, 0.05) is 31.2 Å². The minimum Gasteiger partial charge on any atom is -0.396 e. The van der Waals surface area contributed by atoms with E-state index in [0.29, 0.717) is 12.5 Å². The third kappa shape index (κ3) is 2.90. The number of likely N-dealkylation sites (tertiary alicyclic amines) is 1. The molecule has 0 radical (unpaired) electrons. The summed E-state index contributed by atoms with van der Waals surface area (Å²) in [6.07, 6.45) is 4.94. The van der Waals surface area contributed by atoms with Crippen LogP contribution >= 0.6 is 0 Å². The molecular weight excluding hydrogens is 248 g/mol. The molecule has 3 nitrogen and oxygen atoms in total. The van der Waals surface area contributed by atoms with Crippen LogP contribution in [0.4, 0.5) is 0 Å². The van der Waals surface area contributed by atoms with Crippen molar-refractivity contribution >= 4 is 0 Å². The predicted octanol–water partition coefficient (Wildman–Crippen LogP) is 2.01. The Balaban J connectivity index is 1.69. The highest BCUT2D eigenvalue weighted by molar-refractivity contribution is 5.14. The predicted molar refractivity (Wildman–Crippen MR) is 81.5 cm³/mol. The zero-order valence-corrected chi connectivity index (χ0v) is 12.2. The molecular formula is C17H26N2O. The third-order valence-corrected chi connectivity index (χ3v) is 5.10. The lowest BCUT2D eigenvalue weighted by molar-refractivity contribution is 0.108. The number of benzene rings is 1. The molecule has 2 aliphatic rings. The molecule has 2 N–H and O–H groups in total. The van der Waals surface area contributed by atoms with E-state index in [4.69, 9.17) is 0 Å². The molecule has 2 heterocycles. The van der Waals surface area contributed by atoms with E-state index in [-0.39, 0.29) is 5.54 Å². The Hall–Kier alpha value is -0.900. The first-order valence-corrected chi connectivity index (χ1v) is 7.94. The Morgan fingerprint density at radius 2 is 2.00 bits per heavy atom. The maximum Gasteiger partial charge on any atom is 0.0489 e. The van der Waals surface area contributed by atoms with Gasteiger partial charge in [0.15, 0.2) is 0 Å². The van der Waals surface area contributed by atoms with Crippen LogP contribution < -0.4 is 5.32 Å². The Morgan fingerprint density at radius 1 is 1.20 bits per heavy atom. The highest BCUT2D eigenvalue weighted by Crippen LogP contribution is 2.35. The summed E-state index contributed by atoms with van der Waals surface area (Å²) < 4.78 is 0. The number of rotatable bonds is 3. The minimum atomic E-state index is 0.209. The molecule has 1 aromatic rings. The second-order valence-electron chi connectivity index (χ2n) is 6.39. The smallest absolute Gasteiger partial charge is 0.0489 e. The van der Waals surface area contributed by atoms with Crippen molar-refractivity contribution in [3.8, 4) is 0 Å². The summed E-state index contributed by atoms with van der Waals surface area (Å²) >= 11 is 0. The van der Waals surface area contributed by atoms with Gasteiger partial charge in [-0.25, -0.2) is 0 Å². The van der Waals surface area contributed by atoms with E-state index in [9.17, 15) is 5.11 Å². The fraction of sp³-hybridized carbons (Fsp3) is 0.647. The van der Waals surface area contributed by atoms with Gasteiger partial charge in [0.2, 0.25) is 0 Å². The zero-order chi connectivity index (χ0) is 13.8. The van der Waals surface area contributed by atoms with Crippen LogP contribution in [0.3, 0.4) is 0 Å². The molecule has 0 bridgehead atoms. The third-order valence-electron chi connectivity index (χ3n) is 5.10. The minimum absolute atomic E-state index is 0.209. The maximum atomic E-state index is 9.86. The second-order valence-corrected chi connectivity index (χ2v) is 6.39. The first kappa shape index (κ1) is 14.1. The van der Waals surface area contributed by atoms with Crippen LogP contribution in [0, 0.1) is 5.92 Å². The van der Waals surface area contributed by atoms with Crippen molar-refractivity contribution in [2.45, 2.75) is 37.8 Å². The van der Waals surface area contributed by atoms with Gasteiger partial charge in [0.1, 0.15) is 0 Å². The molecule has 0 amide bonds. The molecule has 0 saturated carbocycles. The van der Waals surface area contributed by atoms with Gasteiger partial charge in [-0.1, -0.05) is 30.3 Å². The molecule has 1 spiro atoms. The molecule has 1 aromatic carbocycles. The number of aliphatic hydroxyl groups is 1. The van der Waals surface area contributed by atoms with Gasteiger partial charge in [-0.15, -0.1) is 0 Å². The van der Waals surface area contributed by atoms with Gasteiger partial charge < -0.3 is 10.4 Å². The number of nitrogens with zero attached hydrogens (tertiary/aromatic N) is 1. The van der Waals surface area contributed by atoms with E-state index in [0.717, 1.165) is 26.2 Å². The number of nitrogens with one attached hydrogen (secondary N) is 1. The van der Waals surface area contributed by atoms with Crippen molar-refractivity contribution < 1.29 is 5.11 Å². The first-order chi connectivity index (χ1) is 9.82. The molecule has 3 heteroatoms. The van der Waals surface area contributed by atoms with Crippen molar-refractivity contribution in [2.24, 2.45) is 5.92 Å². The van der Waals surface area contributed by atoms with E-state index in [1.54, 1.807) is 0 Å². The summed E-state index contributed by atoms with van der Waals surface area (Å²) in [6.45, 7) is 4.59. The van der Waals surface area contributed by atoms with Crippen molar-refractivity contribution in [1.29, 1.82) is 0 Å². The molecule has 20 heavy (non-hydrogen) atoms. The Morgan fingerprint density at radius 3 is 2.70 bits per heavy atom. The normalized spacial score (nSPS) is 31.6. The van der Waals surface area contributed by atoms with Crippen LogP contribution in [0.2, 0.25) is 0 Å². The molecule has 2 saturated heterocycles. The van der Waals surface area contributed by atoms with Gasteiger partial charge in [-0.3, -0.25) is 4.90 Å². The lowest BCUT2D eigenvalue weighted by atomic mass is 9.80. The lowest BCUT2D eigenvalue weighted by Gasteiger charge is -2.36.